The Balaban J connectivity index is 1.98. The number of aliphatic hydroxyl groups excluding tert-OH is 1. The molecule has 102 valence electrons. The van der Waals surface area contributed by atoms with Crippen LogP contribution in [-0.2, 0) is 0 Å². The number of hydrogen-bond acceptors (Lipinski definition) is 5. The van der Waals surface area contributed by atoms with E-state index in [1.807, 2.05) is 38.1 Å². The zero-order valence-corrected chi connectivity index (χ0v) is 12.0. The van der Waals surface area contributed by atoms with Crippen LogP contribution in [-0.4, -0.2) is 23.0 Å². The lowest BCUT2D eigenvalue weighted by Crippen LogP contribution is -2.00. The SMILES string of the molecule is COc1cccc(C(O)CSc2nc(C)c(C)o2)c1. The van der Waals surface area contributed by atoms with Gasteiger partial charge in [0.2, 0.25) is 0 Å². The Morgan fingerprint density at radius 2 is 2.21 bits per heavy atom. The molecule has 19 heavy (non-hydrogen) atoms. The molecule has 2 rings (SSSR count). The molecule has 4 nitrogen and oxygen atoms in total. The van der Waals surface area contributed by atoms with Crippen molar-refractivity contribution in [3.63, 3.8) is 0 Å². The second-order valence-electron chi connectivity index (χ2n) is 4.22. The quantitative estimate of drug-likeness (QED) is 0.852. The van der Waals surface area contributed by atoms with Gasteiger partial charge < -0.3 is 14.3 Å². The number of nitrogens with zero attached hydrogens (tertiary/aromatic N) is 1. The van der Waals surface area contributed by atoms with Gasteiger partial charge in [-0.2, -0.15) is 0 Å². The molecule has 0 fully saturated rings. The van der Waals surface area contributed by atoms with E-state index in [4.69, 9.17) is 9.15 Å². The van der Waals surface area contributed by atoms with E-state index in [1.54, 1.807) is 7.11 Å². The van der Waals surface area contributed by atoms with Gasteiger partial charge in [0.1, 0.15) is 11.5 Å². The summed E-state index contributed by atoms with van der Waals surface area (Å²) in [5.74, 6) is 2.05. The molecule has 1 atom stereocenters. The highest BCUT2D eigenvalue weighted by molar-refractivity contribution is 7.99. The molecule has 0 amide bonds. The first-order valence-corrected chi connectivity index (χ1v) is 6.97. The predicted molar refractivity (Wildman–Crippen MR) is 74.7 cm³/mol. The molecule has 1 aromatic heterocycles. The zero-order valence-electron chi connectivity index (χ0n) is 11.2. The van der Waals surface area contributed by atoms with E-state index in [2.05, 4.69) is 4.98 Å². The number of benzene rings is 1. The Kier molecular flexibility index (Phi) is 4.50. The van der Waals surface area contributed by atoms with E-state index < -0.39 is 6.10 Å². The number of oxazole rings is 1. The Hall–Kier alpha value is -1.46. The van der Waals surface area contributed by atoms with E-state index in [0.29, 0.717) is 11.0 Å². The first-order valence-electron chi connectivity index (χ1n) is 5.99. The largest absolute Gasteiger partial charge is 0.497 e. The van der Waals surface area contributed by atoms with Crippen LogP contribution in [0.25, 0.3) is 0 Å². The van der Waals surface area contributed by atoms with E-state index >= 15 is 0 Å². The number of aliphatic hydroxyl groups is 1. The molecule has 0 bridgehead atoms. The van der Waals surface area contributed by atoms with Crippen LogP contribution < -0.4 is 4.74 Å². The first kappa shape index (κ1) is 14.0. The second kappa shape index (κ2) is 6.12. The lowest BCUT2D eigenvalue weighted by atomic mass is 10.1. The topological polar surface area (TPSA) is 55.5 Å². The van der Waals surface area contributed by atoms with Crippen LogP contribution in [0, 0.1) is 13.8 Å². The monoisotopic (exact) mass is 279 g/mol. The molecule has 1 aromatic carbocycles. The molecule has 0 spiro atoms. The second-order valence-corrected chi connectivity index (χ2v) is 5.20. The molecular weight excluding hydrogens is 262 g/mol. The molecule has 0 aliphatic rings. The summed E-state index contributed by atoms with van der Waals surface area (Å²) in [6.45, 7) is 3.78. The van der Waals surface area contributed by atoms with Crippen molar-refractivity contribution in [3.8, 4) is 5.75 Å². The summed E-state index contributed by atoms with van der Waals surface area (Å²) in [7, 11) is 1.61. The van der Waals surface area contributed by atoms with Crippen LogP contribution in [0.4, 0.5) is 0 Å². The standard InChI is InChI=1S/C14H17NO3S/c1-9-10(2)18-14(15-9)19-8-13(16)11-5-4-6-12(7-11)17-3/h4-7,13,16H,8H2,1-3H3. The average molecular weight is 279 g/mol. The molecule has 0 radical (unpaired) electrons. The number of methoxy groups -OCH3 is 1. The molecule has 2 aromatic rings. The van der Waals surface area contributed by atoms with Crippen molar-refractivity contribution in [2.24, 2.45) is 0 Å². The van der Waals surface area contributed by atoms with Crippen molar-refractivity contribution in [3.05, 3.63) is 41.3 Å². The maximum absolute atomic E-state index is 10.1. The maximum atomic E-state index is 10.1. The van der Waals surface area contributed by atoms with Crippen molar-refractivity contribution in [2.45, 2.75) is 25.2 Å². The first-order chi connectivity index (χ1) is 9.10. The fourth-order valence-electron chi connectivity index (χ4n) is 1.60. The van der Waals surface area contributed by atoms with Crippen molar-refractivity contribution in [1.29, 1.82) is 0 Å². The summed E-state index contributed by atoms with van der Waals surface area (Å²) < 4.78 is 10.6. The Labute approximate surface area is 116 Å². The minimum absolute atomic E-state index is 0.493. The summed E-state index contributed by atoms with van der Waals surface area (Å²) in [6, 6.07) is 7.42. The van der Waals surface area contributed by atoms with E-state index in [-0.39, 0.29) is 0 Å². The molecule has 0 saturated carbocycles. The Bertz CT molecular complexity index is 534. The van der Waals surface area contributed by atoms with Crippen LogP contribution >= 0.6 is 11.8 Å². The van der Waals surface area contributed by atoms with Gasteiger partial charge in [-0.3, -0.25) is 0 Å². The lowest BCUT2D eigenvalue weighted by molar-refractivity contribution is 0.203. The summed E-state index contributed by atoms with van der Waals surface area (Å²) in [5, 5.41) is 10.7. The van der Waals surface area contributed by atoms with Crippen LogP contribution in [0.15, 0.2) is 33.9 Å². The van der Waals surface area contributed by atoms with E-state index in [9.17, 15) is 5.11 Å². The number of hydrogen-bond donors (Lipinski definition) is 1. The van der Waals surface area contributed by atoms with Gasteiger partial charge in [0, 0.05) is 5.75 Å². The fourth-order valence-corrected chi connectivity index (χ4v) is 2.48. The van der Waals surface area contributed by atoms with Crippen LogP contribution in [0.3, 0.4) is 0 Å². The molecule has 1 N–H and O–H groups in total. The van der Waals surface area contributed by atoms with Crippen molar-refractivity contribution in [1.82, 2.24) is 4.98 Å². The summed E-state index contributed by atoms with van der Waals surface area (Å²) in [5.41, 5.74) is 1.71. The van der Waals surface area contributed by atoms with Crippen molar-refractivity contribution < 1.29 is 14.3 Å². The molecule has 1 unspecified atom stereocenters. The highest BCUT2D eigenvalue weighted by Gasteiger charge is 2.12. The third kappa shape index (κ3) is 3.52. The fraction of sp³-hybridized carbons (Fsp3) is 0.357. The van der Waals surface area contributed by atoms with Gasteiger partial charge in [-0.15, -0.1) is 0 Å². The van der Waals surface area contributed by atoms with Gasteiger partial charge in [-0.05, 0) is 31.5 Å². The van der Waals surface area contributed by atoms with Gasteiger partial charge in [0.15, 0.2) is 0 Å². The number of rotatable bonds is 5. The Morgan fingerprint density at radius 3 is 2.84 bits per heavy atom. The molecule has 5 heteroatoms. The number of ether oxygens (including phenoxy) is 1. The summed E-state index contributed by atoms with van der Waals surface area (Å²) in [4.78, 5) is 4.27. The minimum atomic E-state index is -0.576. The molecular formula is C14H17NO3S. The van der Waals surface area contributed by atoms with Crippen molar-refractivity contribution >= 4 is 11.8 Å². The molecule has 0 saturated heterocycles. The van der Waals surface area contributed by atoms with Gasteiger partial charge in [0.25, 0.3) is 5.22 Å². The van der Waals surface area contributed by atoms with Gasteiger partial charge in [-0.25, -0.2) is 4.98 Å². The smallest absolute Gasteiger partial charge is 0.256 e. The minimum Gasteiger partial charge on any atom is -0.497 e. The Morgan fingerprint density at radius 1 is 1.42 bits per heavy atom. The lowest BCUT2D eigenvalue weighted by Gasteiger charge is -2.10. The highest BCUT2D eigenvalue weighted by atomic mass is 32.2. The summed E-state index contributed by atoms with van der Waals surface area (Å²) in [6.07, 6.45) is -0.576. The van der Waals surface area contributed by atoms with E-state index in [1.165, 1.54) is 11.8 Å². The number of aromatic nitrogens is 1. The van der Waals surface area contributed by atoms with E-state index in [0.717, 1.165) is 22.8 Å². The third-order valence-electron chi connectivity index (χ3n) is 2.85. The van der Waals surface area contributed by atoms with Crippen LogP contribution in [0.2, 0.25) is 0 Å². The average Bonchev–Trinajstić information content (AvgIpc) is 2.75. The maximum Gasteiger partial charge on any atom is 0.256 e. The number of aryl methyl sites for hydroxylation is 2. The number of thioether (sulfide) groups is 1. The zero-order chi connectivity index (χ0) is 13.8. The van der Waals surface area contributed by atoms with Crippen LogP contribution in [0.1, 0.15) is 23.1 Å². The predicted octanol–water partition coefficient (Wildman–Crippen LogP) is 3.13. The third-order valence-corrected chi connectivity index (χ3v) is 3.76. The van der Waals surface area contributed by atoms with Gasteiger partial charge in [-0.1, -0.05) is 23.9 Å². The molecule has 0 aliphatic carbocycles. The van der Waals surface area contributed by atoms with Crippen molar-refractivity contribution in [2.75, 3.05) is 12.9 Å². The summed E-state index contributed by atoms with van der Waals surface area (Å²) >= 11 is 1.40. The normalized spacial score (nSPS) is 12.4. The molecule has 1 heterocycles. The highest BCUT2D eigenvalue weighted by Crippen LogP contribution is 2.27. The molecule has 0 aliphatic heterocycles. The van der Waals surface area contributed by atoms with Gasteiger partial charge >= 0.3 is 0 Å². The van der Waals surface area contributed by atoms with Gasteiger partial charge in [0.05, 0.1) is 18.9 Å². The van der Waals surface area contributed by atoms with Crippen LogP contribution in [0.5, 0.6) is 5.75 Å².